The van der Waals surface area contributed by atoms with E-state index < -0.39 is 5.82 Å². The minimum Gasteiger partial charge on any atom is -0.311 e. The van der Waals surface area contributed by atoms with Crippen LogP contribution in [0.15, 0.2) is 18.2 Å². The summed E-state index contributed by atoms with van der Waals surface area (Å²) in [5.74, 6) is -0.766. The Morgan fingerprint density at radius 1 is 1.20 bits per heavy atom. The summed E-state index contributed by atoms with van der Waals surface area (Å²) >= 11 is 0. The maximum atomic E-state index is 14.1. The van der Waals surface area contributed by atoms with Crippen molar-refractivity contribution < 1.29 is 8.78 Å². The lowest BCUT2D eigenvalue weighted by atomic mass is 9.82. The van der Waals surface area contributed by atoms with Crippen LogP contribution in [0.4, 0.5) is 8.78 Å². The quantitative estimate of drug-likeness (QED) is 0.820. The fourth-order valence-electron chi connectivity index (χ4n) is 3.09. The van der Waals surface area contributed by atoms with Gasteiger partial charge < -0.3 is 5.32 Å². The van der Waals surface area contributed by atoms with E-state index in [1.54, 1.807) is 7.05 Å². The molecule has 114 valence electrons. The van der Waals surface area contributed by atoms with Crippen molar-refractivity contribution in [2.45, 2.75) is 45.7 Å². The molecule has 1 N–H and O–H groups in total. The molecule has 2 nitrogen and oxygen atoms in total. The Labute approximate surface area is 121 Å². The molecule has 1 aromatic rings. The second-order valence-corrected chi connectivity index (χ2v) is 5.27. The molecule has 1 rings (SSSR count). The van der Waals surface area contributed by atoms with Gasteiger partial charge in [0.05, 0.1) is 6.04 Å². The Balaban J connectivity index is 3.31. The van der Waals surface area contributed by atoms with Crippen molar-refractivity contribution in [2.24, 2.45) is 0 Å². The van der Waals surface area contributed by atoms with Crippen LogP contribution in [0, 0.1) is 11.6 Å². The van der Waals surface area contributed by atoms with Gasteiger partial charge in [-0.05, 0) is 51.7 Å². The summed E-state index contributed by atoms with van der Waals surface area (Å²) in [6, 6.07) is 3.40. The van der Waals surface area contributed by atoms with Crippen LogP contribution in [-0.4, -0.2) is 30.6 Å². The standard InChI is InChI=1S/C16H26F2N2/c1-6-16(4,20(7-2)8-3)15(19-5)13-11-12(17)9-10-14(13)18/h9-11,15,19H,6-8H2,1-5H3. The third-order valence-corrected chi connectivity index (χ3v) is 4.38. The first-order valence-corrected chi connectivity index (χ1v) is 7.31. The molecule has 2 atom stereocenters. The maximum absolute atomic E-state index is 14.1. The zero-order valence-electron chi connectivity index (χ0n) is 13.1. The van der Waals surface area contributed by atoms with Gasteiger partial charge in [0.15, 0.2) is 0 Å². The van der Waals surface area contributed by atoms with E-state index in [9.17, 15) is 8.78 Å². The van der Waals surface area contributed by atoms with Crippen molar-refractivity contribution >= 4 is 0 Å². The molecule has 0 amide bonds. The van der Waals surface area contributed by atoms with E-state index in [1.807, 2.05) is 0 Å². The zero-order chi connectivity index (χ0) is 15.3. The van der Waals surface area contributed by atoms with Gasteiger partial charge in [0.1, 0.15) is 11.6 Å². The molecule has 1 aromatic carbocycles. The van der Waals surface area contributed by atoms with Gasteiger partial charge in [-0.25, -0.2) is 8.78 Å². The molecule has 0 spiro atoms. The topological polar surface area (TPSA) is 15.3 Å². The van der Waals surface area contributed by atoms with Gasteiger partial charge in [0.2, 0.25) is 0 Å². The number of hydrogen-bond donors (Lipinski definition) is 1. The van der Waals surface area contributed by atoms with Gasteiger partial charge >= 0.3 is 0 Å². The first kappa shape index (κ1) is 17.1. The van der Waals surface area contributed by atoms with Crippen molar-refractivity contribution in [3.63, 3.8) is 0 Å². The highest BCUT2D eigenvalue weighted by atomic mass is 19.1. The summed E-state index contributed by atoms with van der Waals surface area (Å²) in [6.45, 7) is 10.1. The molecular formula is C16H26F2N2. The van der Waals surface area contributed by atoms with E-state index in [0.29, 0.717) is 5.56 Å². The van der Waals surface area contributed by atoms with Crippen LogP contribution in [0.25, 0.3) is 0 Å². The molecule has 0 saturated heterocycles. The second kappa shape index (κ2) is 7.14. The summed E-state index contributed by atoms with van der Waals surface area (Å²) in [4.78, 5) is 2.29. The van der Waals surface area contributed by atoms with Crippen LogP contribution in [0.2, 0.25) is 0 Å². The highest BCUT2D eigenvalue weighted by Gasteiger charge is 2.38. The van der Waals surface area contributed by atoms with Gasteiger partial charge in [-0.3, -0.25) is 4.90 Å². The molecular weight excluding hydrogens is 258 g/mol. The summed E-state index contributed by atoms with van der Waals surface area (Å²) in [5.41, 5.74) is 0.121. The number of halogens is 2. The average Bonchev–Trinajstić information content (AvgIpc) is 2.44. The van der Waals surface area contributed by atoms with E-state index >= 15 is 0 Å². The first-order chi connectivity index (χ1) is 9.44. The largest absolute Gasteiger partial charge is 0.311 e. The third-order valence-electron chi connectivity index (χ3n) is 4.38. The Kier molecular flexibility index (Phi) is 6.08. The van der Waals surface area contributed by atoms with Gasteiger partial charge in [0, 0.05) is 11.1 Å². The van der Waals surface area contributed by atoms with E-state index in [0.717, 1.165) is 25.6 Å². The predicted octanol–water partition coefficient (Wildman–Crippen LogP) is 3.74. The van der Waals surface area contributed by atoms with Crippen LogP contribution < -0.4 is 5.32 Å². The molecule has 0 radical (unpaired) electrons. The molecule has 4 heteroatoms. The molecule has 20 heavy (non-hydrogen) atoms. The Morgan fingerprint density at radius 3 is 2.25 bits per heavy atom. The van der Waals surface area contributed by atoms with E-state index in [4.69, 9.17) is 0 Å². The number of nitrogens with one attached hydrogen (secondary N) is 1. The predicted molar refractivity (Wildman–Crippen MR) is 79.8 cm³/mol. The summed E-state index contributed by atoms with van der Waals surface area (Å²) in [7, 11) is 1.80. The SMILES string of the molecule is CCN(CC)C(C)(CC)C(NC)c1cc(F)ccc1F. The lowest BCUT2D eigenvalue weighted by Crippen LogP contribution is -2.54. The minimum absolute atomic E-state index is 0.261. The molecule has 0 aliphatic heterocycles. The molecule has 0 heterocycles. The molecule has 0 aliphatic rings. The van der Waals surface area contributed by atoms with E-state index in [2.05, 4.69) is 37.9 Å². The summed E-state index contributed by atoms with van der Waals surface area (Å²) < 4.78 is 27.6. The fraction of sp³-hybridized carbons (Fsp3) is 0.625. The summed E-state index contributed by atoms with van der Waals surface area (Å²) in [5, 5.41) is 3.18. The highest BCUT2D eigenvalue weighted by Crippen LogP contribution is 2.35. The smallest absolute Gasteiger partial charge is 0.128 e. The number of benzene rings is 1. The Hall–Kier alpha value is -1.00. The van der Waals surface area contributed by atoms with Gasteiger partial charge in [-0.15, -0.1) is 0 Å². The van der Waals surface area contributed by atoms with Crippen molar-refractivity contribution in [1.29, 1.82) is 0 Å². The number of nitrogens with zero attached hydrogens (tertiary/aromatic N) is 1. The van der Waals surface area contributed by atoms with Crippen molar-refractivity contribution in [3.05, 3.63) is 35.4 Å². The normalized spacial score (nSPS) is 16.2. The highest BCUT2D eigenvalue weighted by molar-refractivity contribution is 5.26. The van der Waals surface area contributed by atoms with Crippen LogP contribution in [-0.2, 0) is 0 Å². The van der Waals surface area contributed by atoms with Crippen molar-refractivity contribution in [2.75, 3.05) is 20.1 Å². The molecule has 0 fully saturated rings. The maximum Gasteiger partial charge on any atom is 0.128 e. The molecule has 0 aromatic heterocycles. The van der Waals surface area contributed by atoms with Gasteiger partial charge in [-0.1, -0.05) is 20.8 Å². The van der Waals surface area contributed by atoms with E-state index in [-0.39, 0.29) is 17.4 Å². The lowest BCUT2D eigenvalue weighted by Gasteiger charge is -2.46. The molecule has 0 saturated carbocycles. The average molecular weight is 284 g/mol. The second-order valence-electron chi connectivity index (χ2n) is 5.27. The number of rotatable bonds is 7. The Morgan fingerprint density at radius 2 is 1.80 bits per heavy atom. The minimum atomic E-state index is -0.403. The molecule has 0 bridgehead atoms. The first-order valence-electron chi connectivity index (χ1n) is 7.31. The van der Waals surface area contributed by atoms with Gasteiger partial charge in [-0.2, -0.15) is 0 Å². The number of hydrogen-bond acceptors (Lipinski definition) is 2. The monoisotopic (exact) mass is 284 g/mol. The van der Waals surface area contributed by atoms with E-state index in [1.165, 1.54) is 12.1 Å². The third kappa shape index (κ3) is 3.18. The van der Waals surface area contributed by atoms with Crippen molar-refractivity contribution in [1.82, 2.24) is 10.2 Å². The number of likely N-dealkylation sites (N-methyl/N-ethyl adjacent to an activating group) is 2. The van der Waals surface area contributed by atoms with Crippen LogP contribution >= 0.6 is 0 Å². The van der Waals surface area contributed by atoms with Gasteiger partial charge in [0.25, 0.3) is 0 Å². The van der Waals surface area contributed by atoms with Crippen LogP contribution in [0.5, 0.6) is 0 Å². The Bertz CT molecular complexity index is 432. The fourth-order valence-corrected chi connectivity index (χ4v) is 3.09. The van der Waals surface area contributed by atoms with Crippen LogP contribution in [0.3, 0.4) is 0 Å². The van der Waals surface area contributed by atoms with Crippen molar-refractivity contribution in [3.8, 4) is 0 Å². The van der Waals surface area contributed by atoms with Crippen LogP contribution in [0.1, 0.15) is 45.7 Å². The zero-order valence-corrected chi connectivity index (χ0v) is 13.1. The lowest BCUT2D eigenvalue weighted by molar-refractivity contribution is 0.0713. The molecule has 0 aliphatic carbocycles. The summed E-state index contributed by atoms with van der Waals surface area (Å²) in [6.07, 6.45) is 0.843. The molecule has 2 unspecified atom stereocenters.